The second kappa shape index (κ2) is 5.16. The zero-order valence-corrected chi connectivity index (χ0v) is 12.4. The van der Waals surface area contributed by atoms with Crippen molar-refractivity contribution in [2.24, 2.45) is 17.8 Å². The van der Waals surface area contributed by atoms with E-state index in [1.54, 1.807) is 6.92 Å². The molecule has 2 N–H and O–H groups in total. The average Bonchev–Trinajstić information content (AvgIpc) is 3.10. The molecule has 6 heteroatoms. The van der Waals surface area contributed by atoms with E-state index in [-0.39, 0.29) is 17.3 Å². The van der Waals surface area contributed by atoms with Gasteiger partial charge in [0, 0.05) is 12.6 Å². The number of nitrogens with one attached hydrogen (secondary N) is 1. The SMILES string of the molecule is Cc1oc(CO)cc1S(=O)(=O)NCC1CC2CCC1C2. The first-order valence-corrected chi connectivity index (χ1v) is 8.67. The zero-order chi connectivity index (χ0) is 14.3. The smallest absolute Gasteiger partial charge is 0.244 e. The summed E-state index contributed by atoms with van der Waals surface area (Å²) in [5.74, 6) is 2.60. The molecule has 112 valence electrons. The molecule has 1 heterocycles. The van der Waals surface area contributed by atoms with Crippen LogP contribution in [0.25, 0.3) is 0 Å². The summed E-state index contributed by atoms with van der Waals surface area (Å²) in [4.78, 5) is 0.143. The van der Waals surface area contributed by atoms with Crippen LogP contribution in [0, 0.1) is 24.7 Å². The molecule has 20 heavy (non-hydrogen) atoms. The van der Waals surface area contributed by atoms with Crippen molar-refractivity contribution in [2.75, 3.05) is 6.54 Å². The van der Waals surface area contributed by atoms with Crippen molar-refractivity contribution >= 4 is 10.0 Å². The van der Waals surface area contributed by atoms with Gasteiger partial charge in [-0.3, -0.25) is 0 Å². The summed E-state index contributed by atoms with van der Waals surface area (Å²) in [7, 11) is -3.54. The van der Waals surface area contributed by atoms with E-state index in [0.717, 1.165) is 12.3 Å². The molecule has 2 aliphatic carbocycles. The number of furan rings is 1. The van der Waals surface area contributed by atoms with Crippen molar-refractivity contribution in [2.45, 2.75) is 44.1 Å². The molecule has 2 fully saturated rings. The van der Waals surface area contributed by atoms with Gasteiger partial charge in [-0.15, -0.1) is 0 Å². The third kappa shape index (κ3) is 2.52. The zero-order valence-electron chi connectivity index (χ0n) is 11.6. The topological polar surface area (TPSA) is 79.5 Å². The molecule has 1 aromatic rings. The largest absolute Gasteiger partial charge is 0.462 e. The van der Waals surface area contributed by atoms with Crippen LogP contribution in [0.2, 0.25) is 0 Å². The molecule has 1 aromatic heterocycles. The summed E-state index contributed by atoms with van der Waals surface area (Å²) in [6.07, 6.45) is 4.98. The average molecular weight is 299 g/mol. The van der Waals surface area contributed by atoms with Gasteiger partial charge in [-0.1, -0.05) is 6.42 Å². The van der Waals surface area contributed by atoms with E-state index in [2.05, 4.69) is 4.72 Å². The third-order valence-electron chi connectivity index (χ3n) is 4.79. The summed E-state index contributed by atoms with van der Waals surface area (Å²) < 4.78 is 32.5. The Morgan fingerprint density at radius 1 is 1.40 bits per heavy atom. The first kappa shape index (κ1) is 14.1. The first-order valence-electron chi connectivity index (χ1n) is 7.19. The minimum Gasteiger partial charge on any atom is -0.462 e. The summed E-state index contributed by atoms with van der Waals surface area (Å²) in [5, 5.41) is 9.01. The highest BCUT2D eigenvalue weighted by Crippen LogP contribution is 2.48. The lowest BCUT2D eigenvalue weighted by Gasteiger charge is -2.21. The Labute approximate surface area is 119 Å². The van der Waals surface area contributed by atoms with Crippen LogP contribution in [0.3, 0.4) is 0 Å². The predicted octanol–water partition coefficient (Wildman–Crippen LogP) is 1.79. The molecule has 5 nitrogen and oxygen atoms in total. The van der Waals surface area contributed by atoms with Crippen LogP contribution in [0.5, 0.6) is 0 Å². The van der Waals surface area contributed by atoms with Crippen LogP contribution in [0.4, 0.5) is 0 Å². The monoisotopic (exact) mass is 299 g/mol. The fourth-order valence-corrected chi connectivity index (χ4v) is 5.09. The number of aliphatic hydroxyl groups is 1. The van der Waals surface area contributed by atoms with E-state index in [0.29, 0.717) is 24.1 Å². The molecule has 2 saturated carbocycles. The van der Waals surface area contributed by atoms with Gasteiger partial charge >= 0.3 is 0 Å². The van der Waals surface area contributed by atoms with E-state index < -0.39 is 10.0 Å². The van der Waals surface area contributed by atoms with Crippen LogP contribution in [0.1, 0.15) is 37.2 Å². The molecule has 3 atom stereocenters. The van der Waals surface area contributed by atoms with Gasteiger partial charge in [-0.2, -0.15) is 0 Å². The molecule has 0 amide bonds. The highest BCUT2D eigenvalue weighted by Gasteiger charge is 2.39. The first-order chi connectivity index (χ1) is 9.49. The molecule has 0 radical (unpaired) electrons. The molecular formula is C14H21NO4S. The summed E-state index contributed by atoms with van der Waals surface area (Å²) >= 11 is 0. The number of fused-ring (bicyclic) bond motifs is 2. The lowest BCUT2D eigenvalue weighted by atomic mass is 9.89. The number of rotatable bonds is 5. The van der Waals surface area contributed by atoms with Crippen LogP contribution < -0.4 is 4.72 Å². The maximum atomic E-state index is 12.3. The van der Waals surface area contributed by atoms with Crippen molar-refractivity contribution in [1.82, 2.24) is 4.72 Å². The maximum Gasteiger partial charge on any atom is 0.244 e. The molecule has 3 rings (SSSR count). The summed E-state index contributed by atoms with van der Waals surface area (Å²) in [6.45, 7) is 1.83. The van der Waals surface area contributed by atoms with Gasteiger partial charge in [0.2, 0.25) is 10.0 Å². The lowest BCUT2D eigenvalue weighted by molar-refractivity contribution is 0.244. The van der Waals surface area contributed by atoms with Crippen molar-refractivity contribution in [3.63, 3.8) is 0 Å². The Balaban J connectivity index is 1.67. The minimum atomic E-state index is -3.54. The number of hydrogen-bond acceptors (Lipinski definition) is 4. The number of hydrogen-bond donors (Lipinski definition) is 2. The van der Waals surface area contributed by atoms with Gasteiger partial charge in [-0.25, -0.2) is 13.1 Å². The highest BCUT2D eigenvalue weighted by atomic mass is 32.2. The third-order valence-corrected chi connectivity index (χ3v) is 6.32. The number of sulfonamides is 1. The van der Waals surface area contributed by atoms with E-state index in [1.807, 2.05) is 0 Å². The Morgan fingerprint density at radius 3 is 2.75 bits per heavy atom. The normalized spacial score (nSPS) is 29.2. The molecule has 0 aromatic carbocycles. The van der Waals surface area contributed by atoms with Crippen molar-refractivity contribution in [3.05, 3.63) is 17.6 Å². The van der Waals surface area contributed by atoms with Crippen LogP contribution in [0.15, 0.2) is 15.4 Å². The minimum absolute atomic E-state index is 0.143. The van der Waals surface area contributed by atoms with E-state index in [9.17, 15) is 8.42 Å². The van der Waals surface area contributed by atoms with Crippen molar-refractivity contribution in [3.8, 4) is 0 Å². The van der Waals surface area contributed by atoms with E-state index in [4.69, 9.17) is 9.52 Å². The Kier molecular flexibility index (Phi) is 3.64. The van der Waals surface area contributed by atoms with Gasteiger partial charge in [0.15, 0.2) is 0 Å². The summed E-state index contributed by atoms with van der Waals surface area (Å²) in [6, 6.07) is 1.40. The Bertz CT molecular complexity index is 592. The lowest BCUT2D eigenvalue weighted by Crippen LogP contribution is -2.31. The van der Waals surface area contributed by atoms with Gasteiger partial charge < -0.3 is 9.52 Å². The van der Waals surface area contributed by atoms with Gasteiger partial charge in [0.25, 0.3) is 0 Å². The molecule has 2 bridgehead atoms. The van der Waals surface area contributed by atoms with Crippen LogP contribution in [-0.4, -0.2) is 20.1 Å². The van der Waals surface area contributed by atoms with Gasteiger partial charge in [0.05, 0.1) is 0 Å². The standard InChI is InChI=1S/C14H21NO4S/c1-9-14(6-13(8-16)19-9)20(17,18)15-7-12-5-10-2-3-11(12)4-10/h6,10-12,15-16H,2-5,7-8H2,1H3. The maximum absolute atomic E-state index is 12.3. The van der Waals surface area contributed by atoms with Gasteiger partial charge in [-0.05, 0) is 43.9 Å². The second-order valence-corrected chi connectivity index (χ2v) is 7.81. The Morgan fingerprint density at radius 2 is 2.20 bits per heavy atom. The Hall–Kier alpha value is -0.850. The predicted molar refractivity (Wildman–Crippen MR) is 73.5 cm³/mol. The summed E-state index contributed by atoms with van der Waals surface area (Å²) in [5.41, 5.74) is 0. The van der Waals surface area contributed by atoms with Crippen molar-refractivity contribution < 1.29 is 17.9 Å². The number of aryl methyl sites for hydroxylation is 1. The van der Waals surface area contributed by atoms with Gasteiger partial charge in [0.1, 0.15) is 23.0 Å². The van der Waals surface area contributed by atoms with Crippen molar-refractivity contribution in [1.29, 1.82) is 0 Å². The highest BCUT2D eigenvalue weighted by molar-refractivity contribution is 7.89. The van der Waals surface area contributed by atoms with Crippen LogP contribution >= 0.6 is 0 Å². The molecule has 2 aliphatic rings. The molecule has 0 aliphatic heterocycles. The van der Waals surface area contributed by atoms with E-state index >= 15 is 0 Å². The molecule has 3 unspecified atom stereocenters. The number of aliphatic hydroxyl groups excluding tert-OH is 1. The second-order valence-electron chi connectivity index (χ2n) is 6.08. The quantitative estimate of drug-likeness (QED) is 0.869. The van der Waals surface area contributed by atoms with Crippen LogP contribution in [-0.2, 0) is 16.6 Å². The molecular weight excluding hydrogens is 278 g/mol. The fourth-order valence-electron chi connectivity index (χ4n) is 3.79. The molecule has 0 saturated heterocycles. The molecule has 0 spiro atoms. The fraction of sp³-hybridized carbons (Fsp3) is 0.714. The van der Waals surface area contributed by atoms with E-state index in [1.165, 1.54) is 25.3 Å².